The van der Waals surface area contributed by atoms with Gasteiger partial charge in [0.2, 0.25) is 0 Å². The summed E-state index contributed by atoms with van der Waals surface area (Å²) in [5, 5.41) is 10.8. The second-order valence-corrected chi connectivity index (χ2v) is 4.67. The molecule has 0 aliphatic heterocycles. The molecule has 0 atom stereocenters. The van der Waals surface area contributed by atoms with Crippen LogP contribution >= 0.6 is 0 Å². The van der Waals surface area contributed by atoms with Gasteiger partial charge in [0.25, 0.3) is 5.69 Å². The number of rotatable bonds is 4. The summed E-state index contributed by atoms with van der Waals surface area (Å²) in [6.45, 7) is 0. The molecule has 0 aromatic heterocycles. The minimum Gasteiger partial charge on any atom is -0.457 e. The third kappa shape index (κ3) is 2.57. The van der Waals surface area contributed by atoms with E-state index >= 15 is 0 Å². The largest absolute Gasteiger partial charge is 0.457 e. The fourth-order valence-corrected chi connectivity index (χ4v) is 2.07. The molecule has 0 N–H and O–H groups in total. The fraction of sp³-hybridized carbons (Fsp3) is 0.200. The third-order valence-corrected chi connectivity index (χ3v) is 3.19. The molecule has 0 radical (unpaired) electrons. The van der Waals surface area contributed by atoms with E-state index in [1.165, 1.54) is 6.07 Å². The van der Waals surface area contributed by atoms with Crippen LogP contribution in [0.3, 0.4) is 0 Å². The standard InChI is InChI=1S/C15H13NO3/c17-16(18)12-8-9-15(14(10-12)11-6-7-11)19-13-4-2-1-3-5-13/h1-5,8-11H,6-7H2. The summed E-state index contributed by atoms with van der Waals surface area (Å²) < 4.78 is 5.82. The fourth-order valence-electron chi connectivity index (χ4n) is 2.07. The molecule has 0 heterocycles. The van der Waals surface area contributed by atoms with E-state index in [0.29, 0.717) is 5.92 Å². The van der Waals surface area contributed by atoms with Gasteiger partial charge in [-0.3, -0.25) is 10.1 Å². The molecule has 0 spiro atoms. The van der Waals surface area contributed by atoms with Crippen molar-refractivity contribution in [3.05, 3.63) is 64.2 Å². The maximum absolute atomic E-state index is 10.8. The Hall–Kier alpha value is -2.36. The first-order valence-electron chi connectivity index (χ1n) is 6.25. The summed E-state index contributed by atoms with van der Waals surface area (Å²) >= 11 is 0. The van der Waals surface area contributed by atoms with Gasteiger partial charge >= 0.3 is 0 Å². The number of para-hydroxylation sites is 1. The van der Waals surface area contributed by atoms with Crippen molar-refractivity contribution in [2.45, 2.75) is 18.8 Å². The van der Waals surface area contributed by atoms with Gasteiger partial charge in [0.1, 0.15) is 11.5 Å². The maximum atomic E-state index is 10.8. The van der Waals surface area contributed by atoms with Crippen molar-refractivity contribution in [3.8, 4) is 11.5 Å². The van der Waals surface area contributed by atoms with Crippen LogP contribution in [0.15, 0.2) is 48.5 Å². The SMILES string of the molecule is O=[N+]([O-])c1ccc(Oc2ccccc2)c(C2CC2)c1. The van der Waals surface area contributed by atoms with E-state index in [4.69, 9.17) is 4.74 Å². The zero-order chi connectivity index (χ0) is 13.2. The lowest BCUT2D eigenvalue weighted by Crippen LogP contribution is -1.94. The zero-order valence-electron chi connectivity index (χ0n) is 10.3. The molecular formula is C15H13NO3. The highest BCUT2D eigenvalue weighted by molar-refractivity contribution is 5.48. The van der Waals surface area contributed by atoms with Crippen molar-refractivity contribution >= 4 is 5.69 Å². The van der Waals surface area contributed by atoms with Gasteiger partial charge in [0.05, 0.1) is 4.92 Å². The molecule has 19 heavy (non-hydrogen) atoms. The topological polar surface area (TPSA) is 52.4 Å². The van der Waals surface area contributed by atoms with Crippen LogP contribution in [0.1, 0.15) is 24.3 Å². The minimum absolute atomic E-state index is 0.127. The molecule has 1 saturated carbocycles. The van der Waals surface area contributed by atoms with E-state index in [1.807, 2.05) is 30.3 Å². The van der Waals surface area contributed by atoms with Gasteiger partial charge < -0.3 is 4.74 Å². The zero-order valence-corrected chi connectivity index (χ0v) is 10.3. The highest BCUT2D eigenvalue weighted by Crippen LogP contribution is 2.46. The normalized spacial score (nSPS) is 14.1. The average Bonchev–Trinajstić information content (AvgIpc) is 3.24. The Kier molecular flexibility index (Phi) is 2.91. The van der Waals surface area contributed by atoms with Gasteiger partial charge in [-0.25, -0.2) is 0 Å². The lowest BCUT2D eigenvalue weighted by Gasteiger charge is -2.10. The van der Waals surface area contributed by atoms with Crippen LogP contribution in [0.25, 0.3) is 0 Å². The van der Waals surface area contributed by atoms with E-state index in [0.717, 1.165) is 29.9 Å². The lowest BCUT2D eigenvalue weighted by atomic mass is 10.1. The quantitative estimate of drug-likeness (QED) is 0.605. The van der Waals surface area contributed by atoms with E-state index in [2.05, 4.69) is 0 Å². The molecule has 3 rings (SSSR count). The van der Waals surface area contributed by atoms with Gasteiger partial charge in [-0.2, -0.15) is 0 Å². The van der Waals surface area contributed by atoms with Crippen molar-refractivity contribution in [1.82, 2.24) is 0 Å². The molecule has 2 aromatic rings. The number of benzene rings is 2. The van der Waals surface area contributed by atoms with Crippen molar-refractivity contribution in [1.29, 1.82) is 0 Å². The Morgan fingerprint density at radius 1 is 1.11 bits per heavy atom. The van der Waals surface area contributed by atoms with Crippen LogP contribution in [0.5, 0.6) is 11.5 Å². The Morgan fingerprint density at radius 3 is 2.47 bits per heavy atom. The molecule has 0 amide bonds. The number of nitro groups is 1. The maximum Gasteiger partial charge on any atom is 0.269 e. The second kappa shape index (κ2) is 4.72. The number of nitro benzene ring substituents is 1. The number of nitrogens with zero attached hydrogens (tertiary/aromatic N) is 1. The summed E-state index contributed by atoms with van der Waals surface area (Å²) in [4.78, 5) is 10.5. The van der Waals surface area contributed by atoms with Crippen molar-refractivity contribution in [2.75, 3.05) is 0 Å². The number of hydrogen-bond donors (Lipinski definition) is 0. The lowest BCUT2D eigenvalue weighted by molar-refractivity contribution is -0.384. The highest BCUT2D eigenvalue weighted by atomic mass is 16.6. The van der Waals surface area contributed by atoms with Gasteiger partial charge in [0, 0.05) is 17.7 Å². The van der Waals surface area contributed by atoms with Gasteiger partial charge in [-0.05, 0) is 37.0 Å². The summed E-state index contributed by atoms with van der Waals surface area (Å²) in [5.41, 5.74) is 1.07. The van der Waals surface area contributed by atoms with Crippen LogP contribution in [0, 0.1) is 10.1 Å². The Morgan fingerprint density at radius 2 is 1.84 bits per heavy atom. The molecule has 1 aliphatic rings. The molecule has 0 bridgehead atoms. The van der Waals surface area contributed by atoms with E-state index in [9.17, 15) is 10.1 Å². The van der Waals surface area contributed by atoms with E-state index < -0.39 is 0 Å². The number of hydrogen-bond acceptors (Lipinski definition) is 3. The first-order valence-corrected chi connectivity index (χ1v) is 6.25. The van der Waals surface area contributed by atoms with E-state index in [1.54, 1.807) is 12.1 Å². The van der Waals surface area contributed by atoms with Crippen molar-refractivity contribution < 1.29 is 9.66 Å². The molecule has 1 aliphatic carbocycles. The van der Waals surface area contributed by atoms with Gasteiger partial charge in [-0.15, -0.1) is 0 Å². The molecule has 1 fully saturated rings. The van der Waals surface area contributed by atoms with Gasteiger partial charge in [-0.1, -0.05) is 18.2 Å². The smallest absolute Gasteiger partial charge is 0.269 e. The van der Waals surface area contributed by atoms with Crippen LogP contribution < -0.4 is 4.74 Å². The molecule has 2 aromatic carbocycles. The molecule has 4 heteroatoms. The molecule has 96 valence electrons. The monoisotopic (exact) mass is 255 g/mol. The molecule has 4 nitrogen and oxygen atoms in total. The van der Waals surface area contributed by atoms with Crippen LogP contribution in [-0.2, 0) is 0 Å². The van der Waals surface area contributed by atoms with Gasteiger partial charge in [0.15, 0.2) is 0 Å². The van der Waals surface area contributed by atoms with Crippen molar-refractivity contribution in [3.63, 3.8) is 0 Å². The van der Waals surface area contributed by atoms with Crippen LogP contribution in [0.2, 0.25) is 0 Å². The third-order valence-electron chi connectivity index (χ3n) is 3.19. The Balaban J connectivity index is 1.94. The summed E-state index contributed by atoms with van der Waals surface area (Å²) in [7, 11) is 0. The molecule has 0 unspecified atom stereocenters. The molecular weight excluding hydrogens is 242 g/mol. The minimum atomic E-state index is -0.363. The van der Waals surface area contributed by atoms with Crippen LogP contribution in [0.4, 0.5) is 5.69 Å². The highest BCUT2D eigenvalue weighted by Gasteiger charge is 2.28. The molecule has 0 saturated heterocycles. The predicted molar refractivity (Wildman–Crippen MR) is 71.6 cm³/mol. The Labute approximate surface area is 110 Å². The summed E-state index contributed by atoms with van der Waals surface area (Å²) in [6.07, 6.45) is 2.15. The first-order chi connectivity index (χ1) is 9.24. The second-order valence-electron chi connectivity index (χ2n) is 4.67. The summed E-state index contributed by atoms with van der Waals surface area (Å²) in [5.74, 6) is 1.87. The first kappa shape index (κ1) is 11.7. The van der Waals surface area contributed by atoms with E-state index in [-0.39, 0.29) is 10.6 Å². The number of non-ortho nitro benzene ring substituents is 1. The number of ether oxygens (including phenoxy) is 1. The van der Waals surface area contributed by atoms with Crippen LogP contribution in [-0.4, -0.2) is 4.92 Å². The Bertz CT molecular complexity index is 606. The average molecular weight is 255 g/mol. The summed E-state index contributed by atoms with van der Waals surface area (Å²) in [6, 6.07) is 14.3. The van der Waals surface area contributed by atoms with Crippen molar-refractivity contribution in [2.24, 2.45) is 0 Å². The predicted octanol–water partition coefficient (Wildman–Crippen LogP) is 4.26.